The van der Waals surface area contributed by atoms with E-state index in [2.05, 4.69) is 6.92 Å². The second-order valence-electron chi connectivity index (χ2n) is 8.36. The predicted octanol–water partition coefficient (Wildman–Crippen LogP) is 4.61. The Labute approximate surface area is 192 Å². The van der Waals surface area contributed by atoms with Gasteiger partial charge in [-0.3, -0.25) is 9.59 Å². The molecule has 2 atom stereocenters. The Balaban J connectivity index is 1.72. The number of carbonyl (C=O) groups excluding carboxylic acids is 2. The fraction of sp³-hybridized carbons (Fsp3) is 0.385. The second-order valence-corrected chi connectivity index (χ2v) is 8.36. The maximum Gasteiger partial charge on any atom is 0.295 e. The molecule has 2 saturated heterocycles. The molecule has 2 fully saturated rings. The van der Waals surface area contributed by atoms with Crippen LogP contribution in [0.4, 0.5) is 4.39 Å². The first-order chi connectivity index (χ1) is 16.0. The molecular weight excluding hydrogens is 425 g/mol. The first-order valence-corrected chi connectivity index (χ1v) is 11.4. The van der Waals surface area contributed by atoms with E-state index in [4.69, 9.17) is 9.47 Å². The number of carbonyl (C=O) groups is 2. The van der Waals surface area contributed by atoms with Gasteiger partial charge in [-0.1, -0.05) is 25.5 Å². The van der Waals surface area contributed by atoms with Gasteiger partial charge in [-0.25, -0.2) is 4.39 Å². The van der Waals surface area contributed by atoms with Crippen molar-refractivity contribution in [3.63, 3.8) is 0 Å². The number of amides is 1. The van der Waals surface area contributed by atoms with Gasteiger partial charge in [0, 0.05) is 18.7 Å². The number of ether oxygens (including phenoxy) is 2. The highest BCUT2D eigenvalue weighted by Gasteiger charge is 2.47. The minimum absolute atomic E-state index is 0.00995. The van der Waals surface area contributed by atoms with Gasteiger partial charge in [0.05, 0.1) is 24.3 Å². The third-order valence-corrected chi connectivity index (χ3v) is 6.04. The lowest BCUT2D eigenvalue weighted by atomic mass is 9.95. The van der Waals surface area contributed by atoms with Gasteiger partial charge in [0.15, 0.2) is 0 Å². The van der Waals surface area contributed by atoms with Crippen LogP contribution < -0.4 is 4.74 Å². The maximum atomic E-state index is 13.4. The molecule has 2 unspecified atom stereocenters. The number of likely N-dealkylation sites (tertiary alicyclic amines) is 1. The first kappa shape index (κ1) is 23.0. The number of benzene rings is 2. The average Bonchev–Trinajstić information content (AvgIpc) is 3.42. The van der Waals surface area contributed by atoms with Crippen LogP contribution in [0.3, 0.4) is 0 Å². The van der Waals surface area contributed by atoms with E-state index in [9.17, 15) is 19.1 Å². The molecule has 0 spiro atoms. The molecule has 2 aromatic rings. The van der Waals surface area contributed by atoms with E-state index in [1.54, 1.807) is 24.3 Å². The molecule has 6 nitrogen and oxygen atoms in total. The molecule has 0 aliphatic carbocycles. The summed E-state index contributed by atoms with van der Waals surface area (Å²) in [5.74, 6) is -1.52. The predicted molar refractivity (Wildman–Crippen MR) is 121 cm³/mol. The van der Waals surface area contributed by atoms with Crippen molar-refractivity contribution in [1.82, 2.24) is 4.90 Å². The summed E-state index contributed by atoms with van der Waals surface area (Å²) in [7, 11) is 0. The summed E-state index contributed by atoms with van der Waals surface area (Å²) in [6.07, 6.45) is 3.52. The fourth-order valence-corrected chi connectivity index (χ4v) is 4.27. The van der Waals surface area contributed by atoms with Gasteiger partial charge in [0.2, 0.25) is 0 Å². The zero-order chi connectivity index (χ0) is 23.4. The van der Waals surface area contributed by atoms with Crippen LogP contribution in [-0.2, 0) is 14.3 Å². The van der Waals surface area contributed by atoms with Crippen LogP contribution in [0.15, 0.2) is 54.1 Å². The van der Waals surface area contributed by atoms with Crippen molar-refractivity contribution in [2.24, 2.45) is 0 Å². The largest absolute Gasteiger partial charge is 0.507 e. The number of halogens is 1. The smallest absolute Gasteiger partial charge is 0.295 e. The molecule has 1 N–H and O–H groups in total. The highest BCUT2D eigenvalue weighted by Crippen LogP contribution is 2.40. The number of rotatable bonds is 8. The summed E-state index contributed by atoms with van der Waals surface area (Å²) in [5, 5.41) is 11.0. The highest BCUT2D eigenvalue weighted by atomic mass is 19.1. The van der Waals surface area contributed by atoms with E-state index in [-0.39, 0.29) is 29.5 Å². The van der Waals surface area contributed by atoms with Crippen molar-refractivity contribution in [1.29, 1.82) is 0 Å². The molecule has 7 heteroatoms. The molecule has 0 saturated carbocycles. The van der Waals surface area contributed by atoms with Gasteiger partial charge >= 0.3 is 0 Å². The van der Waals surface area contributed by atoms with Crippen molar-refractivity contribution in [2.75, 3.05) is 19.8 Å². The van der Waals surface area contributed by atoms with Crippen LogP contribution in [0, 0.1) is 5.82 Å². The fourth-order valence-electron chi connectivity index (χ4n) is 4.27. The number of Topliss-reactive ketones (excluding diaryl/α,β-unsaturated/α-hetero) is 1. The number of hydrogen-bond donors (Lipinski definition) is 1. The maximum absolute atomic E-state index is 13.4. The normalized spacial score (nSPS) is 22.2. The molecular formula is C26H28FNO5. The molecule has 1 amide bonds. The summed E-state index contributed by atoms with van der Waals surface area (Å²) in [6, 6.07) is 11.6. The number of ketones is 1. The van der Waals surface area contributed by atoms with Gasteiger partial charge < -0.3 is 19.5 Å². The van der Waals surface area contributed by atoms with Crippen LogP contribution >= 0.6 is 0 Å². The lowest BCUT2D eigenvalue weighted by Crippen LogP contribution is -2.36. The van der Waals surface area contributed by atoms with Crippen LogP contribution in [0.1, 0.15) is 49.8 Å². The van der Waals surface area contributed by atoms with Gasteiger partial charge in [0.1, 0.15) is 17.3 Å². The minimum atomic E-state index is -0.774. The molecule has 0 radical (unpaired) electrons. The molecule has 0 bridgehead atoms. The van der Waals surface area contributed by atoms with Crippen molar-refractivity contribution >= 4 is 17.4 Å². The molecule has 174 valence electrons. The summed E-state index contributed by atoms with van der Waals surface area (Å²) in [5.41, 5.74) is 0.944. The number of hydrogen-bond acceptors (Lipinski definition) is 5. The SMILES string of the molecule is CCCCOc1ccc(C2/C(=C(\O)c3ccc(F)cc3)C(=O)C(=O)N2CC2CCCO2)cc1. The molecule has 33 heavy (non-hydrogen) atoms. The van der Waals surface area contributed by atoms with Gasteiger partial charge in [0.25, 0.3) is 11.7 Å². The molecule has 2 heterocycles. The summed E-state index contributed by atoms with van der Waals surface area (Å²) in [4.78, 5) is 27.5. The second kappa shape index (κ2) is 10.2. The van der Waals surface area contributed by atoms with Crippen LogP contribution in [0.25, 0.3) is 5.76 Å². The zero-order valence-corrected chi connectivity index (χ0v) is 18.6. The zero-order valence-electron chi connectivity index (χ0n) is 18.6. The molecule has 0 aromatic heterocycles. The van der Waals surface area contributed by atoms with E-state index >= 15 is 0 Å². The standard InChI is InChI=1S/C26H28FNO5/c1-2-3-14-32-20-12-8-17(9-13-20)23-22(24(29)18-6-10-19(27)11-7-18)25(30)26(31)28(23)16-21-5-4-15-33-21/h6-13,21,23,29H,2-5,14-16H2,1H3/b24-22+. The number of aliphatic hydroxyl groups is 1. The average molecular weight is 454 g/mol. The van der Waals surface area contributed by atoms with Crippen LogP contribution in [-0.4, -0.2) is 47.6 Å². The van der Waals surface area contributed by atoms with E-state index < -0.39 is 23.5 Å². The molecule has 2 aliphatic rings. The molecule has 2 aromatic carbocycles. The summed E-state index contributed by atoms with van der Waals surface area (Å²) in [6.45, 7) is 3.57. The number of unbranched alkanes of at least 4 members (excludes halogenated alkanes) is 1. The third kappa shape index (κ3) is 4.93. The Morgan fingerprint density at radius 3 is 2.52 bits per heavy atom. The van der Waals surface area contributed by atoms with Gasteiger partial charge in [-0.2, -0.15) is 0 Å². The van der Waals surface area contributed by atoms with Crippen molar-refractivity contribution in [3.8, 4) is 5.75 Å². The number of nitrogens with zero attached hydrogens (tertiary/aromatic N) is 1. The summed E-state index contributed by atoms with van der Waals surface area (Å²) >= 11 is 0. The highest BCUT2D eigenvalue weighted by molar-refractivity contribution is 6.46. The third-order valence-electron chi connectivity index (χ3n) is 6.04. The van der Waals surface area contributed by atoms with Crippen molar-refractivity contribution < 1.29 is 28.6 Å². The lowest BCUT2D eigenvalue weighted by Gasteiger charge is -2.27. The van der Waals surface area contributed by atoms with Crippen LogP contribution in [0.5, 0.6) is 5.75 Å². The Kier molecular flexibility index (Phi) is 7.08. The van der Waals surface area contributed by atoms with Crippen LogP contribution in [0.2, 0.25) is 0 Å². The monoisotopic (exact) mass is 453 g/mol. The number of aliphatic hydroxyl groups excluding tert-OH is 1. The van der Waals surface area contributed by atoms with Gasteiger partial charge in [-0.15, -0.1) is 0 Å². The van der Waals surface area contributed by atoms with E-state index in [0.717, 1.165) is 25.7 Å². The Morgan fingerprint density at radius 1 is 1.15 bits per heavy atom. The lowest BCUT2D eigenvalue weighted by molar-refractivity contribution is -0.140. The van der Waals surface area contributed by atoms with Crippen molar-refractivity contribution in [2.45, 2.75) is 44.8 Å². The van der Waals surface area contributed by atoms with E-state index in [0.29, 0.717) is 24.5 Å². The summed E-state index contributed by atoms with van der Waals surface area (Å²) < 4.78 is 24.8. The van der Waals surface area contributed by atoms with Crippen molar-refractivity contribution in [3.05, 3.63) is 71.0 Å². The van der Waals surface area contributed by atoms with E-state index in [1.807, 2.05) is 0 Å². The van der Waals surface area contributed by atoms with E-state index in [1.165, 1.54) is 29.2 Å². The topological polar surface area (TPSA) is 76.1 Å². The molecule has 4 rings (SSSR count). The molecule has 2 aliphatic heterocycles. The Hall–Kier alpha value is -3.19. The van der Waals surface area contributed by atoms with Gasteiger partial charge in [-0.05, 0) is 61.2 Å². The quantitative estimate of drug-likeness (QED) is 0.274. The first-order valence-electron chi connectivity index (χ1n) is 11.4. The Morgan fingerprint density at radius 2 is 1.88 bits per heavy atom. The minimum Gasteiger partial charge on any atom is -0.507 e. The Bertz CT molecular complexity index is 1030.